The van der Waals surface area contributed by atoms with E-state index in [1.165, 1.54) is 0 Å². The van der Waals surface area contributed by atoms with Crippen LogP contribution in [0.5, 0.6) is 0 Å². The highest BCUT2D eigenvalue weighted by Crippen LogP contribution is 2.22. The van der Waals surface area contributed by atoms with E-state index < -0.39 is 6.04 Å². The molecule has 6 heteroatoms. The van der Waals surface area contributed by atoms with Crippen LogP contribution in [0.15, 0.2) is 15.9 Å². The van der Waals surface area contributed by atoms with Crippen LogP contribution in [0.2, 0.25) is 0 Å². The third-order valence-electron chi connectivity index (χ3n) is 1.79. The Balaban J connectivity index is 0.00000196. The Hall–Kier alpha value is -0.100. The summed E-state index contributed by atoms with van der Waals surface area (Å²) in [5.41, 5.74) is 5.50. The van der Waals surface area contributed by atoms with Gasteiger partial charge in [-0.1, -0.05) is 0 Å². The number of carbonyl (C=O) groups excluding carboxylic acids is 1. The smallest absolute Gasteiger partial charge is 0.239 e. The molecule has 0 aliphatic carbocycles. The van der Waals surface area contributed by atoms with Crippen molar-refractivity contribution in [3.8, 4) is 0 Å². The number of rotatable bonds is 3. The third kappa shape index (κ3) is 4.51. The molecule has 1 heterocycles. The predicted molar refractivity (Wildman–Crippen MR) is 69.4 cm³/mol. The molecule has 1 aromatic rings. The standard InChI is InChI=1S/C9H13BrN2OS.ClH/c1-6(11)9(13)12(2)5-7-3-4-8(10)14-7;/h3-4,6H,5,11H2,1-2H3;1H/t6-;/m0./s1. The fraction of sp³-hybridized carbons (Fsp3) is 0.444. The molecular weight excluding hydrogens is 300 g/mol. The molecule has 3 nitrogen and oxygen atoms in total. The molecule has 0 radical (unpaired) electrons. The van der Waals surface area contributed by atoms with E-state index in [-0.39, 0.29) is 18.3 Å². The summed E-state index contributed by atoms with van der Waals surface area (Å²) in [5.74, 6) is -0.0328. The Morgan fingerprint density at radius 2 is 2.27 bits per heavy atom. The van der Waals surface area contributed by atoms with Gasteiger partial charge in [-0.15, -0.1) is 23.7 Å². The highest BCUT2D eigenvalue weighted by Gasteiger charge is 2.13. The molecule has 1 rings (SSSR count). The van der Waals surface area contributed by atoms with E-state index in [0.717, 1.165) is 8.66 Å². The summed E-state index contributed by atoms with van der Waals surface area (Å²) >= 11 is 5.01. The largest absolute Gasteiger partial charge is 0.339 e. The summed E-state index contributed by atoms with van der Waals surface area (Å²) < 4.78 is 1.08. The maximum absolute atomic E-state index is 11.4. The molecule has 0 aliphatic heterocycles. The number of nitrogens with two attached hydrogens (primary N) is 1. The van der Waals surface area contributed by atoms with Crippen molar-refractivity contribution in [3.63, 3.8) is 0 Å². The summed E-state index contributed by atoms with van der Waals surface area (Å²) in [6, 6.07) is 3.55. The van der Waals surface area contributed by atoms with Gasteiger partial charge in [0.1, 0.15) is 0 Å². The molecular formula is C9H14BrClN2OS. The first kappa shape index (κ1) is 14.9. The van der Waals surface area contributed by atoms with Crippen LogP contribution in [0, 0.1) is 0 Å². The van der Waals surface area contributed by atoms with Crippen LogP contribution in [0.4, 0.5) is 0 Å². The second kappa shape index (κ2) is 6.48. The molecule has 86 valence electrons. The molecule has 0 aliphatic rings. The number of hydrogen-bond acceptors (Lipinski definition) is 3. The average Bonchev–Trinajstić information content (AvgIpc) is 2.49. The molecule has 15 heavy (non-hydrogen) atoms. The number of hydrogen-bond donors (Lipinski definition) is 1. The van der Waals surface area contributed by atoms with Gasteiger partial charge in [-0.05, 0) is 35.0 Å². The molecule has 0 aromatic carbocycles. The van der Waals surface area contributed by atoms with Crippen molar-refractivity contribution in [3.05, 3.63) is 20.8 Å². The number of nitrogens with zero attached hydrogens (tertiary/aromatic N) is 1. The van der Waals surface area contributed by atoms with E-state index >= 15 is 0 Å². The Labute approximate surface area is 108 Å². The molecule has 1 amide bonds. The van der Waals surface area contributed by atoms with Crippen molar-refractivity contribution in [1.82, 2.24) is 4.90 Å². The zero-order chi connectivity index (χ0) is 10.7. The van der Waals surface area contributed by atoms with Gasteiger partial charge in [0.15, 0.2) is 0 Å². The van der Waals surface area contributed by atoms with Crippen LogP contribution < -0.4 is 5.73 Å². The number of carbonyl (C=O) groups is 1. The first-order valence-electron chi connectivity index (χ1n) is 4.25. The van der Waals surface area contributed by atoms with Crippen LogP contribution in [-0.4, -0.2) is 23.9 Å². The van der Waals surface area contributed by atoms with Crippen molar-refractivity contribution < 1.29 is 4.79 Å². The summed E-state index contributed by atoms with van der Waals surface area (Å²) in [5, 5.41) is 0. The van der Waals surface area contributed by atoms with E-state index in [2.05, 4.69) is 15.9 Å². The molecule has 1 atom stereocenters. The Morgan fingerprint density at radius 3 is 2.67 bits per heavy atom. The van der Waals surface area contributed by atoms with Crippen LogP contribution in [0.3, 0.4) is 0 Å². The van der Waals surface area contributed by atoms with Crippen molar-refractivity contribution in [2.45, 2.75) is 19.5 Å². The van der Waals surface area contributed by atoms with E-state index in [1.807, 2.05) is 12.1 Å². The van der Waals surface area contributed by atoms with Gasteiger partial charge in [-0.2, -0.15) is 0 Å². The van der Waals surface area contributed by atoms with Crippen LogP contribution in [0.1, 0.15) is 11.8 Å². The minimum absolute atomic E-state index is 0. The van der Waals surface area contributed by atoms with Gasteiger partial charge in [0.05, 0.1) is 16.4 Å². The summed E-state index contributed by atoms with van der Waals surface area (Å²) in [4.78, 5) is 14.2. The first-order valence-corrected chi connectivity index (χ1v) is 5.86. The van der Waals surface area contributed by atoms with Gasteiger partial charge in [-0.3, -0.25) is 4.79 Å². The maximum Gasteiger partial charge on any atom is 0.239 e. The molecule has 1 aromatic heterocycles. The Morgan fingerprint density at radius 1 is 1.67 bits per heavy atom. The molecule has 2 N–H and O–H groups in total. The van der Waals surface area contributed by atoms with Gasteiger partial charge >= 0.3 is 0 Å². The summed E-state index contributed by atoms with van der Waals surface area (Å²) in [7, 11) is 1.76. The minimum atomic E-state index is -0.427. The van der Waals surface area contributed by atoms with Crippen molar-refractivity contribution >= 4 is 45.6 Å². The fourth-order valence-corrected chi connectivity index (χ4v) is 2.63. The molecule has 0 saturated heterocycles. The number of thiophene rings is 1. The second-order valence-corrected chi connectivity index (χ2v) is 5.74. The van der Waals surface area contributed by atoms with Crippen LogP contribution in [0.25, 0.3) is 0 Å². The first-order chi connectivity index (χ1) is 6.50. The van der Waals surface area contributed by atoms with Crippen molar-refractivity contribution in [2.24, 2.45) is 5.73 Å². The normalized spacial score (nSPS) is 11.7. The minimum Gasteiger partial charge on any atom is -0.339 e. The maximum atomic E-state index is 11.4. The van der Waals surface area contributed by atoms with E-state index in [1.54, 1.807) is 30.2 Å². The zero-order valence-electron chi connectivity index (χ0n) is 8.57. The molecule has 0 spiro atoms. The van der Waals surface area contributed by atoms with E-state index in [0.29, 0.717) is 6.54 Å². The van der Waals surface area contributed by atoms with Crippen LogP contribution >= 0.6 is 39.7 Å². The topological polar surface area (TPSA) is 46.3 Å². The quantitative estimate of drug-likeness (QED) is 0.930. The second-order valence-electron chi connectivity index (χ2n) is 3.19. The summed E-state index contributed by atoms with van der Waals surface area (Å²) in [6.07, 6.45) is 0. The van der Waals surface area contributed by atoms with Gasteiger partial charge in [0.2, 0.25) is 5.91 Å². The number of amides is 1. The van der Waals surface area contributed by atoms with Crippen LogP contribution in [-0.2, 0) is 11.3 Å². The van der Waals surface area contributed by atoms with Crippen molar-refractivity contribution in [2.75, 3.05) is 7.05 Å². The molecule has 0 fully saturated rings. The number of likely N-dealkylation sites (N-methyl/N-ethyl adjacent to an activating group) is 1. The fourth-order valence-electron chi connectivity index (χ4n) is 1.10. The van der Waals surface area contributed by atoms with Gasteiger partial charge < -0.3 is 10.6 Å². The lowest BCUT2D eigenvalue weighted by Gasteiger charge is -2.18. The van der Waals surface area contributed by atoms with Gasteiger partial charge in [0, 0.05) is 11.9 Å². The lowest BCUT2D eigenvalue weighted by molar-refractivity contribution is -0.131. The van der Waals surface area contributed by atoms with Crippen molar-refractivity contribution in [1.29, 1.82) is 0 Å². The molecule has 0 unspecified atom stereocenters. The van der Waals surface area contributed by atoms with E-state index in [9.17, 15) is 4.79 Å². The third-order valence-corrected chi connectivity index (χ3v) is 3.40. The predicted octanol–water partition coefficient (Wildman–Crippen LogP) is 2.24. The van der Waals surface area contributed by atoms with E-state index in [4.69, 9.17) is 5.73 Å². The monoisotopic (exact) mass is 312 g/mol. The zero-order valence-corrected chi connectivity index (χ0v) is 11.8. The highest BCUT2D eigenvalue weighted by molar-refractivity contribution is 9.11. The SMILES string of the molecule is C[C@H](N)C(=O)N(C)Cc1ccc(Br)s1.Cl. The Bertz CT molecular complexity index is 330. The van der Waals surface area contributed by atoms with Gasteiger partial charge in [-0.25, -0.2) is 0 Å². The lowest BCUT2D eigenvalue weighted by atomic mass is 10.3. The summed E-state index contributed by atoms with van der Waals surface area (Å²) in [6.45, 7) is 2.32. The lowest BCUT2D eigenvalue weighted by Crippen LogP contribution is -2.39. The molecule has 0 bridgehead atoms. The van der Waals surface area contributed by atoms with Gasteiger partial charge in [0.25, 0.3) is 0 Å². The Kier molecular flexibility index (Phi) is 6.43. The number of halogens is 2. The average molecular weight is 314 g/mol. The molecule has 0 saturated carbocycles. The highest BCUT2D eigenvalue weighted by atomic mass is 79.9.